The molecular formula is C16H20ClN3OS2. The fraction of sp³-hybridized carbons (Fsp3) is 0.500. The summed E-state index contributed by atoms with van der Waals surface area (Å²) in [5, 5.41) is 4.10. The molecule has 124 valence electrons. The summed E-state index contributed by atoms with van der Waals surface area (Å²) in [6.07, 6.45) is 2.26. The standard InChI is InChI=1S/C16H20ClN3OS2/c1-10-14(23-15(19-10)12-5-6-13(17)22-12)16(21)20-7-3-4-11(9-20)8-18-2/h5-6,11,18H,3-4,7-9H2,1-2H3. The van der Waals surface area contributed by atoms with Crippen molar-refractivity contribution >= 4 is 40.2 Å². The zero-order valence-corrected chi connectivity index (χ0v) is 15.7. The van der Waals surface area contributed by atoms with Gasteiger partial charge in [0.15, 0.2) is 0 Å². The van der Waals surface area contributed by atoms with E-state index in [1.165, 1.54) is 29.1 Å². The van der Waals surface area contributed by atoms with Crippen LogP contribution in [0, 0.1) is 12.8 Å². The van der Waals surface area contributed by atoms with Crippen molar-refractivity contribution in [3.63, 3.8) is 0 Å². The first-order valence-electron chi connectivity index (χ1n) is 7.75. The van der Waals surface area contributed by atoms with Crippen LogP contribution in [0.5, 0.6) is 0 Å². The number of piperidine rings is 1. The average molecular weight is 370 g/mol. The third kappa shape index (κ3) is 3.76. The SMILES string of the molecule is CNCC1CCCN(C(=O)c2sc(-c3ccc(Cl)s3)nc2C)C1. The van der Waals surface area contributed by atoms with Crippen molar-refractivity contribution < 1.29 is 4.79 Å². The van der Waals surface area contributed by atoms with E-state index in [1.807, 2.05) is 31.0 Å². The van der Waals surface area contributed by atoms with Crippen LogP contribution in [0.4, 0.5) is 0 Å². The second-order valence-corrected chi connectivity index (χ2v) is 8.57. The zero-order valence-electron chi connectivity index (χ0n) is 13.3. The number of hydrogen-bond acceptors (Lipinski definition) is 5. The molecule has 0 spiro atoms. The highest BCUT2D eigenvalue weighted by Gasteiger charge is 2.27. The van der Waals surface area contributed by atoms with Crippen LogP contribution < -0.4 is 5.32 Å². The lowest BCUT2D eigenvalue weighted by Gasteiger charge is -2.32. The quantitative estimate of drug-likeness (QED) is 0.888. The van der Waals surface area contributed by atoms with E-state index in [-0.39, 0.29) is 5.91 Å². The summed E-state index contributed by atoms with van der Waals surface area (Å²) >= 11 is 8.97. The van der Waals surface area contributed by atoms with Gasteiger partial charge in [-0.1, -0.05) is 11.6 Å². The highest BCUT2D eigenvalue weighted by Crippen LogP contribution is 2.35. The van der Waals surface area contributed by atoms with Gasteiger partial charge in [0.25, 0.3) is 5.91 Å². The fourth-order valence-electron chi connectivity index (χ4n) is 2.98. The summed E-state index contributed by atoms with van der Waals surface area (Å²) in [6, 6.07) is 3.83. The number of nitrogens with one attached hydrogen (secondary N) is 1. The van der Waals surface area contributed by atoms with Crippen molar-refractivity contribution in [1.82, 2.24) is 15.2 Å². The van der Waals surface area contributed by atoms with Gasteiger partial charge in [0.2, 0.25) is 0 Å². The average Bonchev–Trinajstić information content (AvgIpc) is 3.13. The lowest BCUT2D eigenvalue weighted by molar-refractivity contribution is 0.0678. The Morgan fingerprint density at radius 2 is 2.30 bits per heavy atom. The topological polar surface area (TPSA) is 45.2 Å². The number of aromatic nitrogens is 1. The first-order valence-corrected chi connectivity index (χ1v) is 9.76. The number of aryl methyl sites for hydroxylation is 1. The van der Waals surface area contributed by atoms with Crippen molar-refractivity contribution in [3.8, 4) is 9.88 Å². The van der Waals surface area contributed by atoms with Crippen LogP contribution in [-0.4, -0.2) is 42.5 Å². The van der Waals surface area contributed by atoms with E-state index in [4.69, 9.17) is 11.6 Å². The van der Waals surface area contributed by atoms with E-state index in [9.17, 15) is 4.79 Å². The minimum Gasteiger partial charge on any atom is -0.338 e. The number of halogens is 1. The van der Waals surface area contributed by atoms with E-state index < -0.39 is 0 Å². The van der Waals surface area contributed by atoms with E-state index >= 15 is 0 Å². The van der Waals surface area contributed by atoms with E-state index in [0.29, 0.717) is 5.92 Å². The molecule has 0 radical (unpaired) electrons. The molecule has 3 rings (SSSR count). The number of nitrogens with zero attached hydrogens (tertiary/aromatic N) is 2. The van der Waals surface area contributed by atoms with Gasteiger partial charge in [0.05, 0.1) is 14.9 Å². The molecular weight excluding hydrogens is 350 g/mol. The normalized spacial score (nSPS) is 18.4. The number of thiazole rings is 1. The Kier molecular flexibility index (Phi) is 5.36. The molecule has 3 heterocycles. The van der Waals surface area contributed by atoms with Crippen LogP contribution in [0.1, 0.15) is 28.2 Å². The molecule has 1 amide bonds. The summed E-state index contributed by atoms with van der Waals surface area (Å²) in [7, 11) is 1.96. The van der Waals surface area contributed by atoms with Gasteiger partial charge < -0.3 is 10.2 Å². The molecule has 0 bridgehead atoms. The van der Waals surface area contributed by atoms with Crippen molar-refractivity contribution in [1.29, 1.82) is 0 Å². The molecule has 7 heteroatoms. The Morgan fingerprint density at radius 3 is 3.00 bits per heavy atom. The van der Waals surface area contributed by atoms with Gasteiger partial charge in [-0.15, -0.1) is 22.7 Å². The van der Waals surface area contributed by atoms with Gasteiger partial charge in [-0.05, 0) is 51.4 Å². The second-order valence-electron chi connectivity index (χ2n) is 5.85. The van der Waals surface area contributed by atoms with Crippen molar-refractivity contribution in [2.24, 2.45) is 5.92 Å². The van der Waals surface area contributed by atoms with Crippen LogP contribution in [0.25, 0.3) is 9.88 Å². The molecule has 2 aromatic rings. The van der Waals surface area contributed by atoms with Gasteiger partial charge in [-0.2, -0.15) is 0 Å². The number of carbonyl (C=O) groups excluding carboxylic acids is 1. The zero-order chi connectivity index (χ0) is 16.4. The van der Waals surface area contributed by atoms with Gasteiger partial charge in [-0.3, -0.25) is 4.79 Å². The predicted octanol–water partition coefficient (Wildman–Crippen LogP) is 3.91. The lowest BCUT2D eigenvalue weighted by Crippen LogP contribution is -2.42. The summed E-state index contributed by atoms with van der Waals surface area (Å²) in [4.78, 5) is 21.2. The smallest absolute Gasteiger partial charge is 0.265 e. The molecule has 0 saturated carbocycles. The number of hydrogen-bond donors (Lipinski definition) is 1. The van der Waals surface area contributed by atoms with Crippen LogP contribution in [0.15, 0.2) is 12.1 Å². The molecule has 2 aromatic heterocycles. The number of likely N-dealkylation sites (tertiary alicyclic amines) is 1. The van der Waals surface area contributed by atoms with Crippen LogP contribution >= 0.6 is 34.3 Å². The van der Waals surface area contributed by atoms with Gasteiger partial charge >= 0.3 is 0 Å². The monoisotopic (exact) mass is 369 g/mol. The molecule has 1 fully saturated rings. The summed E-state index contributed by atoms with van der Waals surface area (Å²) in [5.74, 6) is 0.663. The predicted molar refractivity (Wildman–Crippen MR) is 97.7 cm³/mol. The first kappa shape index (κ1) is 16.9. The molecule has 0 aromatic carbocycles. The van der Waals surface area contributed by atoms with Gasteiger partial charge in [-0.25, -0.2) is 4.98 Å². The van der Waals surface area contributed by atoms with Crippen LogP contribution in [-0.2, 0) is 0 Å². The third-order valence-corrected chi connectivity index (χ3v) is 6.62. The molecule has 4 nitrogen and oxygen atoms in total. The third-order valence-electron chi connectivity index (χ3n) is 4.07. The Balaban J connectivity index is 1.78. The van der Waals surface area contributed by atoms with Gasteiger partial charge in [0, 0.05) is 13.1 Å². The summed E-state index contributed by atoms with van der Waals surface area (Å²) in [5.41, 5.74) is 0.815. The number of thiophene rings is 1. The molecule has 1 atom stereocenters. The number of amides is 1. The summed E-state index contributed by atoms with van der Waals surface area (Å²) < 4.78 is 0.742. The maximum atomic E-state index is 12.9. The van der Waals surface area contributed by atoms with Crippen molar-refractivity contribution in [3.05, 3.63) is 27.0 Å². The first-order chi connectivity index (χ1) is 11.1. The van der Waals surface area contributed by atoms with Crippen LogP contribution in [0.2, 0.25) is 4.34 Å². The molecule has 1 saturated heterocycles. The second kappa shape index (κ2) is 7.30. The minimum atomic E-state index is 0.120. The minimum absolute atomic E-state index is 0.120. The molecule has 23 heavy (non-hydrogen) atoms. The molecule has 1 aliphatic rings. The molecule has 0 aliphatic carbocycles. The maximum absolute atomic E-state index is 12.9. The lowest BCUT2D eigenvalue weighted by atomic mass is 9.98. The van der Waals surface area contributed by atoms with Crippen molar-refractivity contribution in [2.75, 3.05) is 26.7 Å². The highest BCUT2D eigenvalue weighted by molar-refractivity contribution is 7.24. The summed E-state index contributed by atoms with van der Waals surface area (Å²) in [6.45, 7) is 4.55. The van der Waals surface area contributed by atoms with E-state index in [0.717, 1.165) is 50.8 Å². The number of carbonyl (C=O) groups is 1. The van der Waals surface area contributed by atoms with Crippen LogP contribution in [0.3, 0.4) is 0 Å². The maximum Gasteiger partial charge on any atom is 0.265 e. The Hall–Kier alpha value is -0.950. The van der Waals surface area contributed by atoms with E-state index in [2.05, 4.69) is 10.3 Å². The highest BCUT2D eigenvalue weighted by atomic mass is 35.5. The Bertz CT molecular complexity index is 695. The van der Waals surface area contributed by atoms with E-state index in [1.54, 1.807) is 0 Å². The Morgan fingerprint density at radius 1 is 1.48 bits per heavy atom. The fourth-order valence-corrected chi connectivity index (χ4v) is 5.11. The van der Waals surface area contributed by atoms with Crippen molar-refractivity contribution in [2.45, 2.75) is 19.8 Å². The molecule has 1 aliphatic heterocycles. The molecule has 1 unspecified atom stereocenters. The Labute approximate surface area is 149 Å². The molecule has 1 N–H and O–H groups in total. The van der Waals surface area contributed by atoms with Gasteiger partial charge in [0.1, 0.15) is 9.88 Å². The largest absolute Gasteiger partial charge is 0.338 e. The number of rotatable bonds is 4.